The summed E-state index contributed by atoms with van der Waals surface area (Å²) < 4.78 is 17.7. The van der Waals surface area contributed by atoms with E-state index in [0.717, 1.165) is 5.56 Å². The van der Waals surface area contributed by atoms with Gasteiger partial charge in [0, 0.05) is 12.7 Å². The molecule has 0 spiro atoms. The Balaban J connectivity index is 1.94. The summed E-state index contributed by atoms with van der Waals surface area (Å²) in [5, 5.41) is 10.2. The first-order chi connectivity index (χ1) is 14.7. The van der Waals surface area contributed by atoms with E-state index in [9.17, 15) is 10.1 Å². The normalized spacial score (nSPS) is 19.3. The van der Waals surface area contributed by atoms with Gasteiger partial charge < -0.3 is 19.1 Å². The molecule has 1 aromatic heterocycles. The monoisotopic (exact) mass is 463 g/mol. The number of aromatic nitrogens is 1. The maximum absolute atomic E-state index is 12.7. The molecule has 0 N–H and O–H groups in total. The van der Waals surface area contributed by atoms with E-state index in [1.54, 1.807) is 51.1 Å². The Morgan fingerprint density at radius 3 is 2.74 bits per heavy atom. The van der Waals surface area contributed by atoms with E-state index in [4.69, 9.17) is 37.4 Å². The minimum Gasteiger partial charge on any atom is -0.468 e. The van der Waals surface area contributed by atoms with E-state index in [1.807, 2.05) is 0 Å². The molecule has 1 aliphatic rings. The highest BCUT2D eigenvalue weighted by Gasteiger charge is 2.35. The molecular weight excluding hydrogens is 441 g/mol. The number of halogens is 2. The topological polar surface area (TPSA) is 84.7 Å². The average molecular weight is 464 g/mol. The van der Waals surface area contributed by atoms with Crippen LogP contribution < -0.4 is 4.74 Å². The molecule has 0 radical (unpaired) electrons. The number of hydrogen-bond donors (Lipinski definition) is 0. The summed E-state index contributed by atoms with van der Waals surface area (Å²) in [5.41, 5.74) is 0.377. The maximum Gasteiger partial charge on any atom is 0.410 e. The Morgan fingerprint density at radius 1 is 1.29 bits per heavy atom. The molecular formula is C22H23Cl2N3O4. The summed E-state index contributed by atoms with van der Waals surface area (Å²) in [5.74, 6) is 0.162. The van der Waals surface area contributed by atoms with Crippen molar-refractivity contribution in [3.8, 4) is 11.9 Å². The molecule has 164 valence electrons. The second-order valence-corrected chi connectivity index (χ2v) is 8.83. The number of nitrogens with zero attached hydrogens (tertiary/aromatic N) is 3. The van der Waals surface area contributed by atoms with Gasteiger partial charge >= 0.3 is 6.09 Å². The van der Waals surface area contributed by atoms with Crippen molar-refractivity contribution in [1.29, 1.82) is 5.26 Å². The first-order valence-electron chi connectivity index (χ1n) is 9.74. The molecule has 1 aromatic carbocycles. The van der Waals surface area contributed by atoms with Crippen molar-refractivity contribution < 1.29 is 19.0 Å². The molecule has 1 saturated heterocycles. The number of pyridine rings is 1. The molecule has 3 rings (SSSR count). The Morgan fingerprint density at radius 2 is 2.06 bits per heavy atom. The SMILES string of the molecule is CC(C)(C)OC(=O)N1CCO[C@@H](c2ccc(Cl)c(Cl)c2)[C@H](Oc2ncccc2C#N)C1. The van der Waals surface area contributed by atoms with E-state index >= 15 is 0 Å². The lowest BCUT2D eigenvalue weighted by Crippen LogP contribution is -2.43. The fraction of sp³-hybridized carbons (Fsp3) is 0.409. The highest BCUT2D eigenvalue weighted by atomic mass is 35.5. The quantitative estimate of drug-likeness (QED) is 0.635. The number of rotatable bonds is 3. The van der Waals surface area contributed by atoms with Gasteiger partial charge in [-0.05, 0) is 50.6 Å². The smallest absolute Gasteiger partial charge is 0.410 e. The molecule has 9 heteroatoms. The van der Waals surface area contributed by atoms with Crippen molar-refractivity contribution >= 4 is 29.3 Å². The molecule has 0 aliphatic carbocycles. The molecule has 0 bridgehead atoms. The summed E-state index contributed by atoms with van der Waals surface area (Å²) in [6.45, 7) is 6.16. The molecule has 2 heterocycles. The van der Waals surface area contributed by atoms with Gasteiger partial charge in [0.15, 0.2) is 0 Å². The lowest BCUT2D eigenvalue weighted by Gasteiger charge is -2.30. The van der Waals surface area contributed by atoms with Gasteiger partial charge in [-0.25, -0.2) is 9.78 Å². The molecule has 1 aliphatic heterocycles. The Hall–Kier alpha value is -2.53. The molecule has 31 heavy (non-hydrogen) atoms. The largest absolute Gasteiger partial charge is 0.468 e. The molecule has 1 fully saturated rings. The van der Waals surface area contributed by atoms with Gasteiger partial charge in [0.05, 0.1) is 23.2 Å². The van der Waals surface area contributed by atoms with Crippen molar-refractivity contribution in [2.45, 2.75) is 38.6 Å². The third-order valence-electron chi connectivity index (χ3n) is 4.48. The van der Waals surface area contributed by atoms with Gasteiger partial charge in [-0.3, -0.25) is 0 Å². The second-order valence-electron chi connectivity index (χ2n) is 8.02. The van der Waals surface area contributed by atoms with Gasteiger partial charge in [0.25, 0.3) is 0 Å². The van der Waals surface area contributed by atoms with Gasteiger partial charge in [0.2, 0.25) is 5.88 Å². The summed E-state index contributed by atoms with van der Waals surface area (Å²) in [6, 6.07) is 10.5. The standard InChI is InChI=1S/C22H23Cl2N3O4/c1-22(2,3)31-21(28)27-9-10-29-19(14-6-7-16(23)17(24)11-14)18(13-27)30-20-15(12-25)5-4-8-26-20/h4-8,11,18-19H,9-10,13H2,1-3H3/t18-,19+/m1/s1. The predicted octanol–water partition coefficient (Wildman–Crippen LogP) is 5.02. The van der Waals surface area contributed by atoms with Crippen LogP contribution in [0, 0.1) is 11.3 Å². The van der Waals surface area contributed by atoms with Crippen LogP contribution in [-0.2, 0) is 9.47 Å². The zero-order valence-corrected chi connectivity index (χ0v) is 19.0. The lowest BCUT2D eigenvalue weighted by atomic mass is 10.0. The fourth-order valence-corrected chi connectivity index (χ4v) is 3.41. The highest BCUT2D eigenvalue weighted by molar-refractivity contribution is 6.42. The number of carbonyl (C=O) groups is 1. The summed E-state index contributed by atoms with van der Waals surface area (Å²) >= 11 is 12.3. The van der Waals surface area contributed by atoms with Crippen LogP contribution in [0.15, 0.2) is 36.5 Å². The number of carbonyl (C=O) groups excluding carboxylic acids is 1. The van der Waals surface area contributed by atoms with Crippen molar-refractivity contribution in [3.05, 3.63) is 57.7 Å². The van der Waals surface area contributed by atoms with Gasteiger partial charge in [-0.2, -0.15) is 5.26 Å². The van der Waals surface area contributed by atoms with Crippen molar-refractivity contribution in [2.75, 3.05) is 19.7 Å². The van der Waals surface area contributed by atoms with Crippen molar-refractivity contribution in [2.24, 2.45) is 0 Å². The van der Waals surface area contributed by atoms with Gasteiger partial charge in [-0.15, -0.1) is 0 Å². The van der Waals surface area contributed by atoms with E-state index in [1.165, 1.54) is 11.1 Å². The van der Waals surface area contributed by atoms with Crippen LogP contribution in [0.2, 0.25) is 10.0 Å². The molecule has 7 nitrogen and oxygen atoms in total. The van der Waals surface area contributed by atoms with Crippen LogP contribution in [0.4, 0.5) is 4.79 Å². The molecule has 2 aromatic rings. The van der Waals surface area contributed by atoms with Crippen molar-refractivity contribution in [3.63, 3.8) is 0 Å². The number of amides is 1. The number of hydrogen-bond acceptors (Lipinski definition) is 6. The van der Waals surface area contributed by atoms with Crippen LogP contribution >= 0.6 is 23.2 Å². The average Bonchev–Trinajstić information content (AvgIpc) is 2.92. The highest BCUT2D eigenvalue weighted by Crippen LogP contribution is 2.32. The number of ether oxygens (including phenoxy) is 3. The lowest BCUT2D eigenvalue weighted by molar-refractivity contribution is -0.0121. The van der Waals surface area contributed by atoms with E-state index in [-0.39, 0.29) is 24.6 Å². The summed E-state index contributed by atoms with van der Waals surface area (Å²) in [6.07, 6.45) is -0.181. The van der Waals surface area contributed by atoms with Gasteiger partial charge in [-0.1, -0.05) is 29.3 Å². The van der Waals surface area contributed by atoms with Crippen LogP contribution in [-0.4, -0.2) is 47.4 Å². The minimum absolute atomic E-state index is 0.162. The van der Waals surface area contributed by atoms with Crippen molar-refractivity contribution in [1.82, 2.24) is 9.88 Å². The summed E-state index contributed by atoms with van der Waals surface area (Å²) in [7, 11) is 0. The molecule has 0 saturated carbocycles. The Bertz CT molecular complexity index is 987. The zero-order chi connectivity index (χ0) is 22.6. The Labute approximate surface area is 191 Å². The third kappa shape index (κ3) is 6.01. The number of benzene rings is 1. The van der Waals surface area contributed by atoms with E-state index in [2.05, 4.69) is 11.1 Å². The number of nitriles is 1. The van der Waals surface area contributed by atoms with E-state index in [0.29, 0.717) is 16.6 Å². The fourth-order valence-electron chi connectivity index (χ4n) is 3.11. The van der Waals surface area contributed by atoms with Crippen LogP contribution in [0.5, 0.6) is 5.88 Å². The second kappa shape index (κ2) is 9.73. The predicted molar refractivity (Wildman–Crippen MR) is 116 cm³/mol. The molecule has 0 unspecified atom stereocenters. The first kappa shape index (κ1) is 23.1. The van der Waals surface area contributed by atoms with Crippen LogP contribution in [0.25, 0.3) is 0 Å². The minimum atomic E-state index is -0.672. The summed E-state index contributed by atoms with van der Waals surface area (Å²) in [4.78, 5) is 18.4. The zero-order valence-electron chi connectivity index (χ0n) is 17.5. The van der Waals surface area contributed by atoms with Crippen LogP contribution in [0.3, 0.4) is 0 Å². The first-order valence-corrected chi connectivity index (χ1v) is 10.5. The Kier molecular flexibility index (Phi) is 7.26. The van der Waals surface area contributed by atoms with Crippen LogP contribution in [0.1, 0.15) is 38.0 Å². The van der Waals surface area contributed by atoms with E-state index < -0.39 is 23.9 Å². The van der Waals surface area contributed by atoms with Gasteiger partial charge in [0.1, 0.15) is 29.4 Å². The molecule has 1 amide bonds. The molecule has 2 atom stereocenters. The third-order valence-corrected chi connectivity index (χ3v) is 5.21. The maximum atomic E-state index is 12.7.